The molecular formula is C17H18BrF3N2O2. The Morgan fingerprint density at radius 1 is 1.16 bits per heavy atom. The lowest BCUT2D eigenvalue weighted by Crippen LogP contribution is -2.36. The molecule has 1 aliphatic carbocycles. The van der Waals surface area contributed by atoms with E-state index >= 15 is 0 Å². The van der Waals surface area contributed by atoms with E-state index in [0.29, 0.717) is 5.39 Å². The maximum Gasteiger partial charge on any atom is 0.416 e. The second kappa shape index (κ2) is 7.27. The maximum absolute atomic E-state index is 12.9. The molecule has 0 bridgehead atoms. The van der Waals surface area contributed by atoms with Crippen molar-refractivity contribution in [3.63, 3.8) is 0 Å². The van der Waals surface area contributed by atoms with Crippen molar-refractivity contribution in [2.45, 2.75) is 50.7 Å². The van der Waals surface area contributed by atoms with Crippen LogP contribution in [0.1, 0.15) is 44.1 Å². The van der Waals surface area contributed by atoms with Gasteiger partial charge in [-0.2, -0.15) is 13.2 Å². The molecule has 4 nitrogen and oxygen atoms in total. The van der Waals surface area contributed by atoms with Crippen LogP contribution in [-0.2, 0) is 6.18 Å². The van der Waals surface area contributed by atoms with E-state index < -0.39 is 17.8 Å². The molecule has 1 saturated carbocycles. The summed E-state index contributed by atoms with van der Waals surface area (Å²) in [6.45, 7) is 0. The van der Waals surface area contributed by atoms with Crippen molar-refractivity contribution in [2.75, 3.05) is 0 Å². The molecule has 2 aromatic rings. The quantitative estimate of drug-likeness (QED) is 0.609. The summed E-state index contributed by atoms with van der Waals surface area (Å²) in [4.78, 5) is 14.8. The van der Waals surface area contributed by atoms with Gasteiger partial charge in [-0.15, -0.1) is 0 Å². The smallest absolute Gasteiger partial charge is 0.393 e. The Kier molecular flexibility index (Phi) is 5.27. The average molecular weight is 419 g/mol. The number of ether oxygens (including phenoxy) is 1. The highest BCUT2D eigenvalue weighted by atomic mass is 79.9. The molecule has 0 aliphatic heterocycles. The van der Waals surface area contributed by atoms with Crippen LogP contribution in [0, 0.1) is 0 Å². The largest absolute Gasteiger partial charge is 0.416 e. The van der Waals surface area contributed by atoms with E-state index in [9.17, 15) is 18.0 Å². The number of halogens is 4. The summed E-state index contributed by atoms with van der Waals surface area (Å²) < 4.78 is 44.1. The summed E-state index contributed by atoms with van der Waals surface area (Å²) in [5.74, 6) is 0.112. The Labute approximate surface area is 151 Å². The molecule has 1 aromatic carbocycles. The minimum absolute atomic E-state index is 0.0861. The van der Waals surface area contributed by atoms with E-state index in [4.69, 9.17) is 4.74 Å². The number of hydrogen-bond donors (Lipinski definition) is 2. The number of benzene rings is 1. The Morgan fingerprint density at radius 3 is 2.48 bits per heavy atom. The van der Waals surface area contributed by atoms with Crippen LogP contribution in [0.5, 0.6) is 5.88 Å². The van der Waals surface area contributed by atoms with Gasteiger partial charge in [0.2, 0.25) is 5.88 Å². The standard InChI is InChI=1S/C17H18BrF3N2O2/c18-13-7-10(17(19,20)21)8-14-12(13)9-15(23-14)25-16(24)22-11-5-3-1-2-4-6-11/h7-9,11,23H,1-6H2,(H,22,24). The van der Waals surface area contributed by atoms with E-state index in [2.05, 4.69) is 26.2 Å². The zero-order valence-electron chi connectivity index (χ0n) is 13.4. The number of hydrogen-bond acceptors (Lipinski definition) is 2. The minimum atomic E-state index is -4.44. The van der Waals surface area contributed by atoms with Gasteiger partial charge >= 0.3 is 12.3 Å². The summed E-state index contributed by atoms with van der Waals surface area (Å²) >= 11 is 3.13. The molecule has 0 unspecified atom stereocenters. The Bertz CT molecular complexity index is 765. The molecule has 25 heavy (non-hydrogen) atoms. The third-order valence-corrected chi connectivity index (χ3v) is 5.03. The van der Waals surface area contributed by atoms with Crippen LogP contribution in [0.4, 0.5) is 18.0 Å². The first kappa shape index (κ1) is 18.1. The van der Waals surface area contributed by atoms with Crippen LogP contribution in [-0.4, -0.2) is 17.1 Å². The third-order valence-electron chi connectivity index (χ3n) is 4.37. The molecule has 0 radical (unpaired) electrons. The number of amides is 1. The summed E-state index contributed by atoms with van der Waals surface area (Å²) in [7, 11) is 0. The highest BCUT2D eigenvalue weighted by Crippen LogP contribution is 2.36. The zero-order valence-corrected chi connectivity index (χ0v) is 15.0. The average Bonchev–Trinajstić information content (AvgIpc) is 2.74. The highest BCUT2D eigenvalue weighted by molar-refractivity contribution is 9.10. The van der Waals surface area contributed by atoms with Crippen molar-refractivity contribution < 1.29 is 22.7 Å². The molecule has 8 heteroatoms. The van der Waals surface area contributed by atoms with Crippen LogP contribution >= 0.6 is 15.9 Å². The fourth-order valence-corrected chi connectivity index (χ4v) is 3.68. The number of alkyl halides is 3. The number of carbonyl (C=O) groups excluding carboxylic acids is 1. The number of aromatic nitrogens is 1. The predicted molar refractivity (Wildman–Crippen MR) is 91.7 cm³/mol. The van der Waals surface area contributed by atoms with Gasteiger partial charge in [-0.25, -0.2) is 4.79 Å². The van der Waals surface area contributed by atoms with Crippen molar-refractivity contribution in [1.29, 1.82) is 0 Å². The Hall–Kier alpha value is -1.70. The first-order valence-electron chi connectivity index (χ1n) is 8.21. The van der Waals surface area contributed by atoms with Crippen LogP contribution in [0.2, 0.25) is 0 Å². The lowest BCUT2D eigenvalue weighted by atomic mass is 10.1. The van der Waals surface area contributed by atoms with Gasteiger partial charge in [-0.3, -0.25) is 0 Å². The third kappa shape index (κ3) is 4.48. The number of rotatable bonds is 2. The van der Waals surface area contributed by atoms with Gasteiger partial charge in [0, 0.05) is 22.0 Å². The lowest BCUT2D eigenvalue weighted by molar-refractivity contribution is -0.137. The molecule has 1 aliphatic rings. The fraction of sp³-hybridized carbons (Fsp3) is 0.471. The van der Waals surface area contributed by atoms with Gasteiger partial charge < -0.3 is 15.0 Å². The molecule has 1 amide bonds. The van der Waals surface area contributed by atoms with Crippen LogP contribution in [0.3, 0.4) is 0 Å². The molecule has 3 rings (SSSR count). The summed E-state index contributed by atoms with van der Waals surface area (Å²) in [6.07, 6.45) is 1.29. The van der Waals surface area contributed by atoms with Gasteiger partial charge in [0.25, 0.3) is 0 Å². The number of nitrogens with one attached hydrogen (secondary N) is 2. The van der Waals surface area contributed by atoms with Gasteiger partial charge in [0.15, 0.2) is 0 Å². The maximum atomic E-state index is 12.9. The van der Waals surface area contributed by atoms with E-state index in [1.165, 1.54) is 18.9 Å². The van der Waals surface area contributed by atoms with E-state index in [1.807, 2.05) is 0 Å². The number of carbonyl (C=O) groups is 1. The molecule has 2 N–H and O–H groups in total. The molecular weight excluding hydrogens is 401 g/mol. The molecule has 1 fully saturated rings. The fourth-order valence-electron chi connectivity index (χ4n) is 3.11. The predicted octanol–water partition coefficient (Wildman–Crippen LogP) is 5.76. The van der Waals surface area contributed by atoms with Crippen molar-refractivity contribution in [3.8, 4) is 5.88 Å². The van der Waals surface area contributed by atoms with Gasteiger partial charge in [0.1, 0.15) is 0 Å². The van der Waals surface area contributed by atoms with Gasteiger partial charge in [0.05, 0.1) is 11.1 Å². The summed E-state index contributed by atoms with van der Waals surface area (Å²) in [6, 6.07) is 3.59. The molecule has 0 atom stereocenters. The number of H-pyrrole nitrogens is 1. The van der Waals surface area contributed by atoms with Crippen LogP contribution in [0.25, 0.3) is 10.9 Å². The zero-order chi connectivity index (χ0) is 18.0. The first-order valence-corrected chi connectivity index (χ1v) is 9.00. The molecule has 136 valence electrons. The summed E-state index contributed by atoms with van der Waals surface area (Å²) in [5, 5.41) is 3.35. The molecule has 0 saturated heterocycles. The van der Waals surface area contributed by atoms with E-state index in [0.717, 1.165) is 37.8 Å². The minimum Gasteiger partial charge on any atom is -0.393 e. The molecule has 0 spiro atoms. The normalized spacial score (nSPS) is 16.6. The van der Waals surface area contributed by atoms with E-state index in [-0.39, 0.29) is 21.9 Å². The second-order valence-corrected chi connectivity index (χ2v) is 7.13. The SMILES string of the molecule is O=C(NC1CCCCCC1)Oc1cc2c(Br)cc(C(F)(F)F)cc2[nH]1. The van der Waals surface area contributed by atoms with Crippen molar-refractivity contribution in [2.24, 2.45) is 0 Å². The molecule has 1 aromatic heterocycles. The molecule has 1 heterocycles. The van der Waals surface area contributed by atoms with Crippen molar-refractivity contribution in [3.05, 3.63) is 28.2 Å². The van der Waals surface area contributed by atoms with Gasteiger partial charge in [-0.05, 0) is 25.0 Å². The number of fused-ring (bicyclic) bond motifs is 1. The summed E-state index contributed by atoms with van der Waals surface area (Å²) in [5.41, 5.74) is -0.526. The second-order valence-electron chi connectivity index (χ2n) is 6.27. The first-order chi connectivity index (χ1) is 11.8. The van der Waals surface area contributed by atoms with Crippen molar-refractivity contribution in [1.82, 2.24) is 10.3 Å². The Morgan fingerprint density at radius 2 is 1.84 bits per heavy atom. The van der Waals surface area contributed by atoms with Crippen LogP contribution in [0.15, 0.2) is 22.7 Å². The number of aromatic amines is 1. The monoisotopic (exact) mass is 418 g/mol. The van der Waals surface area contributed by atoms with E-state index in [1.54, 1.807) is 0 Å². The Balaban J connectivity index is 1.73. The van der Waals surface area contributed by atoms with Gasteiger partial charge in [-0.1, -0.05) is 41.6 Å². The van der Waals surface area contributed by atoms with Crippen LogP contribution < -0.4 is 10.1 Å². The topological polar surface area (TPSA) is 54.1 Å². The lowest BCUT2D eigenvalue weighted by Gasteiger charge is -2.15. The van der Waals surface area contributed by atoms with Crippen molar-refractivity contribution >= 4 is 32.9 Å². The highest BCUT2D eigenvalue weighted by Gasteiger charge is 2.31.